The van der Waals surface area contributed by atoms with Crippen LogP contribution in [0.5, 0.6) is 0 Å². The molecule has 0 atom stereocenters. The van der Waals surface area contributed by atoms with E-state index in [1.54, 1.807) is 0 Å². The van der Waals surface area contributed by atoms with Gasteiger partial charge in [-0.15, -0.1) is 0 Å². The van der Waals surface area contributed by atoms with Crippen molar-refractivity contribution >= 4 is 54.3 Å². The molecule has 11 rings (SSSR count). The predicted molar refractivity (Wildman–Crippen MR) is 233 cm³/mol. The van der Waals surface area contributed by atoms with Gasteiger partial charge in [0.25, 0.3) is 0 Å². The topological polar surface area (TPSA) is 13.1 Å². The molecule has 0 fully saturated rings. The molecule has 0 saturated carbocycles. The molecule has 1 aromatic heterocycles. The normalized spacial score (nSPS) is 11.6. The van der Waals surface area contributed by atoms with Crippen molar-refractivity contribution in [3.8, 4) is 55.6 Å². The monoisotopic (exact) mass is 698 g/mol. The summed E-state index contributed by atoms with van der Waals surface area (Å²) in [5.74, 6) is 0. The quantitative estimate of drug-likeness (QED) is 0.163. The number of hydrogen-bond donors (Lipinski definition) is 0. The van der Waals surface area contributed by atoms with E-state index in [2.05, 4.69) is 194 Å². The van der Waals surface area contributed by atoms with Gasteiger partial charge in [-0.05, 0) is 106 Å². The maximum atomic E-state index is 6.06. The van der Waals surface area contributed by atoms with E-state index in [4.69, 9.17) is 4.42 Å². The van der Waals surface area contributed by atoms with Crippen molar-refractivity contribution in [2.45, 2.75) is 0 Å². The van der Waals surface area contributed by atoms with Crippen molar-refractivity contribution in [3.05, 3.63) is 206 Å². The van der Waals surface area contributed by atoms with E-state index in [1.807, 2.05) is 12.1 Å². The molecule has 0 saturated heterocycles. The van der Waals surface area contributed by atoms with Gasteiger partial charge in [0.1, 0.15) is 11.2 Å². The second-order valence-electron chi connectivity index (χ2n) is 14.4. The third-order valence-corrected chi connectivity index (χ3v) is 11.3. The zero-order chi connectivity index (χ0) is 36.3. The van der Waals surface area contributed by atoms with Crippen molar-refractivity contribution in [1.29, 1.82) is 0 Å². The van der Waals surface area contributed by atoms with E-state index in [9.17, 15) is 0 Å². The predicted octanol–water partition coefficient (Wildman–Crippen LogP) is 15.4. The summed E-state index contributed by atoms with van der Waals surface area (Å²) in [4.78, 5) is 0. The van der Waals surface area contributed by atoms with E-state index >= 15 is 0 Å². The molecule has 1 heteroatoms. The van der Waals surface area contributed by atoms with Gasteiger partial charge in [-0.3, -0.25) is 0 Å². The summed E-state index contributed by atoms with van der Waals surface area (Å²) in [6, 6.07) is 74.8. The fraction of sp³-hybridized carbons (Fsp3) is 0. The van der Waals surface area contributed by atoms with Gasteiger partial charge in [0.05, 0.1) is 0 Å². The molecule has 0 aliphatic carbocycles. The second-order valence-corrected chi connectivity index (χ2v) is 14.4. The fourth-order valence-corrected chi connectivity index (χ4v) is 8.63. The first-order chi connectivity index (χ1) is 27.3. The first-order valence-corrected chi connectivity index (χ1v) is 18.9. The summed E-state index contributed by atoms with van der Waals surface area (Å²) in [6.45, 7) is 0. The Morgan fingerprint density at radius 2 is 0.636 bits per heavy atom. The largest absolute Gasteiger partial charge is 0.456 e. The van der Waals surface area contributed by atoms with Crippen molar-refractivity contribution in [2.75, 3.05) is 0 Å². The summed E-state index contributed by atoms with van der Waals surface area (Å²) in [5, 5.41) is 9.87. The van der Waals surface area contributed by atoms with E-state index in [0.717, 1.165) is 21.9 Å². The van der Waals surface area contributed by atoms with Gasteiger partial charge in [0.15, 0.2) is 0 Å². The number of benzene rings is 10. The lowest BCUT2D eigenvalue weighted by Crippen LogP contribution is -1.91. The summed E-state index contributed by atoms with van der Waals surface area (Å²) < 4.78 is 6.06. The zero-order valence-corrected chi connectivity index (χ0v) is 30.0. The van der Waals surface area contributed by atoms with Crippen LogP contribution < -0.4 is 0 Å². The van der Waals surface area contributed by atoms with E-state index in [0.29, 0.717) is 0 Å². The Bertz CT molecular complexity index is 3160. The Labute approximate surface area is 319 Å². The van der Waals surface area contributed by atoms with Crippen LogP contribution in [-0.4, -0.2) is 0 Å². The minimum absolute atomic E-state index is 0.920. The molecule has 1 heterocycles. The second kappa shape index (κ2) is 12.7. The van der Waals surface area contributed by atoms with Crippen LogP contribution in [0.2, 0.25) is 0 Å². The smallest absolute Gasteiger partial charge is 0.135 e. The number of para-hydroxylation sites is 1. The van der Waals surface area contributed by atoms with Crippen LogP contribution in [-0.2, 0) is 0 Å². The number of furan rings is 1. The van der Waals surface area contributed by atoms with Crippen LogP contribution in [0.4, 0.5) is 0 Å². The highest BCUT2D eigenvalue weighted by Crippen LogP contribution is 2.44. The SMILES string of the molecule is c1ccc2c(-c3ccc(-c4c5ccccc5c(-c5ccc(-c6ccc(-c7ccc8oc9ccccc9c8c7)cc6)cc5)c5ccccc45)cc3)cccc2c1. The van der Waals surface area contributed by atoms with Crippen molar-refractivity contribution < 1.29 is 4.42 Å². The minimum atomic E-state index is 0.920. The summed E-state index contributed by atoms with van der Waals surface area (Å²) in [5.41, 5.74) is 14.1. The van der Waals surface area contributed by atoms with Crippen LogP contribution in [0.1, 0.15) is 0 Å². The Kier molecular flexibility index (Phi) is 7.25. The van der Waals surface area contributed by atoms with E-state index in [-0.39, 0.29) is 0 Å². The van der Waals surface area contributed by atoms with Crippen LogP contribution in [0.15, 0.2) is 211 Å². The summed E-state index contributed by atoms with van der Waals surface area (Å²) >= 11 is 0. The van der Waals surface area contributed by atoms with Crippen LogP contribution in [0.25, 0.3) is 110 Å². The molecular formula is C54H34O. The highest BCUT2D eigenvalue weighted by atomic mass is 16.3. The molecule has 0 unspecified atom stereocenters. The van der Waals surface area contributed by atoms with E-state index in [1.165, 1.54) is 88.0 Å². The molecular weight excluding hydrogens is 665 g/mol. The average molecular weight is 699 g/mol. The standard InChI is InChI=1S/C54H34O/c1-2-12-43-38(10-1)11-9-18-44(43)39-26-30-41(31-27-39)54-48-16-5-3-14-46(48)53(47-15-4-6-17-49(47)54)40-28-24-36(25-29-40)35-20-22-37(23-21-35)42-32-33-52-50(34-42)45-13-7-8-19-51(45)55-52/h1-34H. The van der Waals surface area contributed by atoms with E-state index < -0.39 is 0 Å². The average Bonchev–Trinajstić information content (AvgIpc) is 3.64. The lowest BCUT2D eigenvalue weighted by Gasteiger charge is -2.18. The van der Waals surface area contributed by atoms with Crippen LogP contribution >= 0.6 is 0 Å². The number of fused-ring (bicyclic) bond motifs is 6. The number of rotatable bonds is 5. The number of hydrogen-bond acceptors (Lipinski definition) is 1. The van der Waals surface area contributed by atoms with Gasteiger partial charge in [-0.1, -0.05) is 188 Å². The molecule has 55 heavy (non-hydrogen) atoms. The molecule has 0 N–H and O–H groups in total. The van der Waals surface area contributed by atoms with Crippen LogP contribution in [0, 0.1) is 0 Å². The van der Waals surface area contributed by atoms with Crippen molar-refractivity contribution in [3.63, 3.8) is 0 Å². The molecule has 1 nitrogen and oxygen atoms in total. The summed E-state index contributed by atoms with van der Waals surface area (Å²) in [7, 11) is 0. The molecule has 0 bridgehead atoms. The molecule has 0 radical (unpaired) electrons. The Hall–Kier alpha value is -7.22. The van der Waals surface area contributed by atoms with Gasteiger partial charge in [0, 0.05) is 10.8 Å². The molecule has 11 aromatic rings. The minimum Gasteiger partial charge on any atom is -0.456 e. The lowest BCUT2D eigenvalue weighted by molar-refractivity contribution is 0.669. The molecule has 0 amide bonds. The molecule has 0 spiro atoms. The molecule has 0 aliphatic rings. The fourth-order valence-electron chi connectivity index (χ4n) is 8.63. The van der Waals surface area contributed by atoms with Gasteiger partial charge in [-0.2, -0.15) is 0 Å². The highest BCUT2D eigenvalue weighted by molar-refractivity contribution is 6.21. The van der Waals surface area contributed by atoms with Gasteiger partial charge in [0.2, 0.25) is 0 Å². The van der Waals surface area contributed by atoms with Gasteiger partial charge < -0.3 is 4.42 Å². The Balaban J connectivity index is 0.954. The summed E-state index contributed by atoms with van der Waals surface area (Å²) in [6.07, 6.45) is 0. The van der Waals surface area contributed by atoms with Gasteiger partial charge in [-0.25, -0.2) is 0 Å². The van der Waals surface area contributed by atoms with Crippen LogP contribution in [0.3, 0.4) is 0 Å². The van der Waals surface area contributed by atoms with Gasteiger partial charge >= 0.3 is 0 Å². The lowest BCUT2D eigenvalue weighted by atomic mass is 9.85. The van der Waals surface area contributed by atoms with Crippen molar-refractivity contribution in [2.24, 2.45) is 0 Å². The maximum absolute atomic E-state index is 6.06. The first-order valence-electron chi connectivity index (χ1n) is 18.9. The third kappa shape index (κ3) is 5.24. The Morgan fingerprint density at radius 1 is 0.236 bits per heavy atom. The molecule has 0 aliphatic heterocycles. The third-order valence-electron chi connectivity index (χ3n) is 11.3. The van der Waals surface area contributed by atoms with Crippen molar-refractivity contribution in [1.82, 2.24) is 0 Å². The first kappa shape index (κ1) is 31.3. The molecule has 256 valence electrons. The highest BCUT2D eigenvalue weighted by Gasteiger charge is 2.17. The zero-order valence-electron chi connectivity index (χ0n) is 30.0. The molecule has 10 aromatic carbocycles. The Morgan fingerprint density at radius 3 is 1.22 bits per heavy atom. The maximum Gasteiger partial charge on any atom is 0.135 e.